The summed E-state index contributed by atoms with van der Waals surface area (Å²) in [5.74, 6) is 0. The fourth-order valence-corrected chi connectivity index (χ4v) is 2.01. The predicted molar refractivity (Wildman–Crippen MR) is 74.3 cm³/mol. The molecule has 2 aromatic carbocycles. The van der Waals surface area contributed by atoms with E-state index in [2.05, 4.69) is 4.99 Å². The van der Waals surface area contributed by atoms with Crippen molar-refractivity contribution in [2.75, 3.05) is 0 Å². The van der Waals surface area contributed by atoms with Gasteiger partial charge < -0.3 is 0 Å². The van der Waals surface area contributed by atoms with Crippen molar-refractivity contribution < 1.29 is 26.3 Å². The lowest BCUT2D eigenvalue weighted by molar-refractivity contribution is -0.149. The second kappa shape index (κ2) is 6.44. The first kappa shape index (κ1) is 17.1. The Bertz CT molecular complexity index is 658. The van der Waals surface area contributed by atoms with E-state index >= 15 is 0 Å². The number of halogens is 6. The summed E-state index contributed by atoms with van der Waals surface area (Å²) in [5, 5.41) is 0. The molecule has 7 heteroatoms. The molecule has 122 valence electrons. The largest absolute Gasteiger partial charge is 0.433 e. The second-order valence-corrected chi connectivity index (χ2v) is 4.70. The van der Waals surface area contributed by atoms with E-state index in [-0.39, 0.29) is 5.56 Å². The van der Waals surface area contributed by atoms with Gasteiger partial charge in [-0.3, -0.25) is 4.99 Å². The summed E-state index contributed by atoms with van der Waals surface area (Å²) >= 11 is 0. The van der Waals surface area contributed by atoms with Crippen molar-refractivity contribution in [1.82, 2.24) is 0 Å². The van der Waals surface area contributed by atoms with Gasteiger partial charge >= 0.3 is 12.4 Å². The zero-order chi connectivity index (χ0) is 17.1. The van der Waals surface area contributed by atoms with Crippen molar-refractivity contribution in [2.24, 2.45) is 4.99 Å². The Balaban J connectivity index is 2.58. The highest BCUT2D eigenvalue weighted by Crippen LogP contribution is 2.38. The molecular formula is C16H11F6N. The van der Waals surface area contributed by atoms with Crippen molar-refractivity contribution in [1.29, 1.82) is 0 Å². The van der Waals surface area contributed by atoms with Crippen molar-refractivity contribution >= 4 is 5.71 Å². The Morgan fingerprint density at radius 3 is 1.65 bits per heavy atom. The first-order valence-corrected chi connectivity index (χ1v) is 6.51. The lowest BCUT2D eigenvalue weighted by atomic mass is 10.1. The van der Waals surface area contributed by atoms with Crippen molar-refractivity contribution in [3.63, 3.8) is 0 Å². The number of alkyl halides is 6. The Kier molecular flexibility index (Phi) is 4.77. The summed E-state index contributed by atoms with van der Waals surface area (Å²) in [7, 11) is 0. The van der Waals surface area contributed by atoms with Crippen LogP contribution in [0.15, 0.2) is 65.7 Å². The third-order valence-corrected chi connectivity index (χ3v) is 3.00. The molecule has 0 aliphatic heterocycles. The van der Waals surface area contributed by atoms with Gasteiger partial charge in [0.05, 0.1) is 0 Å². The molecule has 0 amide bonds. The van der Waals surface area contributed by atoms with E-state index in [1.807, 2.05) is 0 Å². The molecule has 0 spiro atoms. The molecule has 1 unspecified atom stereocenters. The van der Waals surface area contributed by atoms with Gasteiger partial charge in [-0.05, 0) is 5.56 Å². The molecular weight excluding hydrogens is 320 g/mol. The molecule has 0 aliphatic rings. The van der Waals surface area contributed by atoms with E-state index in [1.54, 1.807) is 0 Å². The van der Waals surface area contributed by atoms with Gasteiger partial charge in [0.1, 0.15) is 5.71 Å². The van der Waals surface area contributed by atoms with Crippen LogP contribution in [0.25, 0.3) is 0 Å². The van der Waals surface area contributed by atoms with Gasteiger partial charge in [0.2, 0.25) is 0 Å². The SMILES string of the molecule is FC(F)(F)C(=NC(c1ccccc1)C(F)(F)F)c1ccccc1. The van der Waals surface area contributed by atoms with Crippen LogP contribution in [-0.2, 0) is 0 Å². The summed E-state index contributed by atoms with van der Waals surface area (Å²) < 4.78 is 79.1. The van der Waals surface area contributed by atoms with Crippen LogP contribution in [0.4, 0.5) is 26.3 Å². The van der Waals surface area contributed by atoms with E-state index in [9.17, 15) is 26.3 Å². The molecule has 23 heavy (non-hydrogen) atoms. The van der Waals surface area contributed by atoms with Gasteiger partial charge in [0.25, 0.3) is 0 Å². The molecule has 2 rings (SSSR count). The van der Waals surface area contributed by atoms with Crippen molar-refractivity contribution in [3.8, 4) is 0 Å². The van der Waals surface area contributed by atoms with Gasteiger partial charge in [-0.15, -0.1) is 0 Å². The standard InChI is InChI=1S/C16H11F6N/c17-15(18,19)13(11-7-3-1-4-8-11)23-14(16(20,21)22)12-9-5-2-6-10-12/h1-10,13H. The van der Waals surface area contributed by atoms with Crippen LogP contribution < -0.4 is 0 Å². The molecule has 0 bridgehead atoms. The zero-order valence-electron chi connectivity index (χ0n) is 11.6. The van der Waals surface area contributed by atoms with E-state index in [0.717, 1.165) is 24.3 Å². The van der Waals surface area contributed by atoms with Crippen LogP contribution in [0, 0.1) is 0 Å². The minimum atomic E-state index is -5.00. The number of hydrogen-bond acceptors (Lipinski definition) is 1. The van der Waals surface area contributed by atoms with Crippen LogP contribution in [0.2, 0.25) is 0 Å². The molecule has 1 nitrogen and oxygen atoms in total. The predicted octanol–water partition coefficient (Wildman–Crippen LogP) is 5.34. The monoisotopic (exact) mass is 331 g/mol. The molecule has 1 atom stereocenters. The second-order valence-electron chi connectivity index (χ2n) is 4.70. The summed E-state index contributed by atoms with van der Waals surface area (Å²) in [6, 6.07) is 9.96. The van der Waals surface area contributed by atoms with Gasteiger partial charge in [0, 0.05) is 5.56 Å². The molecule has 0 heterocycles. The average molecular weight is 331 g/mol. The third kappa shape index (κ3) is 4.34. The first-order valence-electron chi connectivity index (χ1n) is 6.51. The Morgan fingerprint density at radius 2 is 1.22 bits per heavy atom. The third-order valence-electron chi connectivity index (χ3n) is 3.00. The smallest absolute Gasteiger partial charge is 0.262 e. The molecule has 0 fully saturated rings. The minimum absolute atomic E-state index is 0.349. The van der Waals surface area contributed by atoms with Gasteiger partial charge in [-0.25, -0.2) is 0 Å². The number of nitrogens with zero attached hydrogens (tertiary/aromatic N) is 1. The summed E-state index contributed by atoms with van der Waals surface area (Å²) in [5.41, 5.74) is -2.31. The highest BCUT2D eigenvalue weighted by Gasteiger charge is 2.44. The highest BCUT2D eigenvalue weighted by atomic mass is 19.4. The molecule has 2 aromatic rings. The number of rotatable bonds is 3. The van der Waals surface area contributed by atoms with Crippen LogP contribution in [0.1, 0.15) is 17.2 Å². The molecule has 0 radical (unpaired) electrons. The van der Waals surface area contributed by atoms with E-state index in [1.165, 1.54) is 36.4 Å². The van der Waals surface area contributed by atoms with Crippen LogP contribution in [0.3, 0.4) is 0 Å². The minimum Gasteiger partial charge on any atom is -0.262 e. The van der Waals surface area contributed by atoms with Crippen LogP contribution >= 0.6 is 0 Å². The zero-order valence-corrected chi connectivity index (χ0v) is 11.6. The number of aliphatic imine (C=N–C) groups is 1. The fraction of sp³-hybridized carbons (Fsp3) is 0.188. The first-order chi connectivity index (χ1) is 10.7. The molecule has 0 N–H and O–H groups in total. The van der Waals surface area contributed by atoms with E-state index in [4.69, 9.17) is 0 Å². The number of hydrogen-bond donors (Lipinski definition) is 0. The summed E-state index contributed by atoms with van der Waals surface area (Å²) in [4.78, 5) is 3.03. The van der Waals surface area contributed by atoms with Crippen LogP contribution in [-0.4, -0.2) is 18.1 Å². The maximum Gasteiger partial charge on any atom is 0.433 e. The highest BCUT2D eigenvalue weighted by molar-refractivity contribution is 6.04. The summed E-state index contributed by atoms with van der Waals surface area (Å²) in [6.07, 6.45) is -9.94. The van der Waals surface area contributed by atoms with Crippen molar-refractivity contribution in [2.45, 2.75) is 18.4 Å². The quantitative estimate of drug-likeness (QED) is 0.532. The Morgan fingerprint density at radius 1 is 0.739 bits per heavy atom. The lowest BCUT2D eigenvalue weighted by Crippen LogP contribution is -2.28. The maximum atomic E-state index is 13.2. The normalized spacial score (nSPS) is 14.6. The van der Waals surface area contributed by atoms with Gasteiger partial charge in [0.15, 0.2) is 6.04 Å². The number of benzene rings is 2. The molecule has 0 saturated heterocycles. The van der Waals surface area contributed by atoms with Gasteiger partial charge in [-0.1, -0.05) is 60.7 Å². The summed E-state index contributed by atoms with van der Waals surface area (Å²) in [6.45, 7) is 0. The van der Waals surface area contributed by atoms with E-state index < -0.39 is 29.7 Å². The average Bonchev–Trinajstić information content (AvgIpc) is 2.47. The molecule has 0 saturated carbocycles. The van der Waals surface area contributed by atoms with Gasteiger partial charge in [-0.2, -0.15) is 26.3 Å². The maximum absolute atomic E-state index is 13.2. The fourth-order valence-electron chi connectivity index (χ4n) is 2.01. The molecule has 0 aromatic heterocycles. The molecule has 0 aliphatic carbocycles. The Hall–Kier alpha value is -2.31. The Labute approximate surface area is 128 Å². The topological polar surface area (TPSA) is 12.4 Å². The van der Waals surface area contributed by atoms with Crippen LogP contribution in [0.5, 0.6) is 0 Å². The van der Waals surface area contributed by atoms with Crippen molar-refractivity contribution in [3.05, 3.63) is 71.8 Å². The van der Waals surface area contributed by atoms with E-state index in [0.29, 0.717) is 0 Å². The lowest BCUT2D eigenvalue weighted by Gasteiger charge is -2.20.